The van der Waals surface area contributed by atoms with E-state index in [0.29, 0.717) is 11.1 Å². The molecule has 0 aliphatic heterocycles. The van der Waals surface area contributed by atoms with Crippen LogP contribution in [0.1, 0.15) is 5.56 Å². The first-order chi connectivity index (χ1) is 6.83. The molecular weight excluding hydrogens is 180 g/mol. The van der Waals surface area contributed by atoms with Crippen LogP contribution in [-0.4, -0.2) is 21.5 Å². The van der Waals surface area contributed by atoms with Gasteiger partial charge in [0.1, 0.15) is 5.52 Å². The summed E-state index contributed by atoms with van der Waals surface area (Å²) in [5.74, 6) is 0.0286. The third-order valence-electron chi connectivity index (χ3n) is 1.98. The van der Waals surface area contributed by atoms with Crippen molar-refractivity contribution in [1.29, 1.82) is 0 Å². The average Bonchev–Trinajstić information content (AvgIpc) is 2.23. The summed E-state index contributed by atoms with van der Waals surface area (Å²) in [6.45, 7) is 0. The highest BCUT2D eigenvalue weighted by atomic mass is 16.4. The molecule has 0 aliphatic rings. The molecule has 0 amide bonds. The van der Waals surface area contributed by atoms with Crippen molar-refractivity contribution in [3.63, 3.8) is 0 Å². The van der Waals surface area contributed by atoms with Crippen LogP contribution in [0.5, 0.6) is 5.75 Å². The summed E-state index contributed by atoms with van der Waals surface area (Å²) in [4.78, 5) is 4.03. The molecular formula is C10H8N2O2. The van der Waals surface area contributed by atoms with Gasteiger partial charge in [-0.2, -0.15) is 0 Å². The maximum absolute atomic E-state index is 9.72. The Hall–Kier alpha value is -2.10. The Morgan fingerprint density at radius 1 is 1.29 bits per heavy atom. The van der Waals surface area contributed by atoms with Crippen molar-refractivity contribution < 1.29 is 10.3 Å². The van der Waals surface area contributed by atoms with Gasteiger partial charge in [-0.15, -0.1) is 0 Å². The summed E-state index contributed by atoms with van der Waals surface area (Å²) in [7, 11) is 0. The van der Waals surface area contributed by atoms with E-state index in [4.69, 9.17) is 5.21 Å². The third kappa shape index (κ3) is 1.26. The number of rotatable bonds is 1. The van der Waals surface area contributed by atoms with Crippen molar-refractivity contribution in [1.82, 2.24) is 4.98 Å². The molecule has 4 heteroatoms. The smallest absolute Gasteiger partial charge is 0.150 e. The van der Waals surface area contributed by atoms with Gasteiger partial charge in [0.2, 0.25) is 0 Å². The van der Waals surface area contributed by atoms with Crippen LogP contribution in [0.3, 0.4) is 0 Å². The number of fused-ring (bicyclic) bond motifs is 1. The normalized spacial score (nSPS) is 11.1. The second-order valence-electron chi connectivity index (χ2n) is 2.82. The van der Waals surface area contributed by atoms with Crippen LogP contribution in [-0.2, 0) is 0 Å². The number of aromatic nitrogens is 1. The summed E-state index contributed by atoms with van der Waals surface area (Å²) in [5.41, 5.74) is 0.948. The molecule has 0 spiro atoms. The molecule has 0 unspecified atom stereocenters. The molecule has 2 aromatic rings. The fourth-order valence-corrected chi connectivity index (χ4v) is 1.31. The Morgan fingerprint density at radius 3 is 2.93 bits per heavy atom. The van der Waals surface area contributed by atoms with Gasteiger partial charge in [-0.1, -0.05) is 17.3 Å². The van der Waals surface area contributed by atoms with Crippen LogP contribution in [0.15, 0.2) is 35.6 Å². The van der Waals surface area contributed by atoms with Crippen LogP contribution in [0.25, 0.3) is 10.9 Å². The monoisotopic (exact) mass is 188 g/mol. The predicted octanol–water partition coefficient (Wildman–Crippen LogP) is 1.75. The predicted molar refractivity (Wildman–Crippen MR) is 52.8 cm³/mol. The number of aromatic hydroxyl groups is 1. The van der Waals surface area contributed by atoms with Crippen LogP contribution >= 0.6 is 0 Å². The fourth-order valence-electron chi connectivity index (χ4n) is 1.31. The molecule has 0 saturated carbocycles. The molecule has 0 fully saturated rings. The van der Waals surface area contributed by atoms with Gasteiger partial charge < -0.3 is 10.3 Å². The molecule has 14 heavy (non-hydrogen) atoms. The van der Waals surface area contributed by atoms with Crippen LogP contribution in [0.4, 0.5) is 0 Å². The van der Waals surface area contributed by atoms with Gasteiger partial charge in [-0.3, -0.25) is 4.98 Å². The number of hydrogen-bond donors (Lipinski definition) is 2. The van der Waals surface area contributed by atoms with Crippen molar-refractivity contribution in [2.45, 2.75) is 0 Å². The number of nitrogens with zero attached hydrogens (tertiary/aromatic N) is 2. The lowest BCUT2D eigenvalue weighted by molar-refractivity contribution is 0.321. The Labute approximate surface area is 80.1 Å². The molecule has 0 atom stereocenters. The fraction of sp³-hybridized carbons (Fsp3) is 0. The van der Waals surface area contributed by atoms with Gasteiger partial charge in [-0.05, 0) is 12.1 Å². The Morgan fingerprint density at radius 2 is 2.14 bits per heavy atom. The van der Waals surface area contributed by atoms with E-state index in [2.05, 4.69) is 10.1 Å². The van der Waals surface area contributed by atoms with Gasteiger partial charge in [0.25, 0.3) is 0 Å². The molecule has 0 saturated heterocycles. The highest BCUT2D eigenvalue weighted by molar-refractivity contribution is 5.94. The summed E-state index contributed by atoms with van der Waals surface area (Å²) >= 11 is 0. The standard InChI is InChI=1S/C10H8N2O2/c13-10-8(6-12-14)4-3-7-2-1-5-11-9(7)10/h1-6,13-14H. The largest absolute Gasteiger partial charge is 0.505 e. The minimum absolute atomic E-state index is 0.0286. The highest BCUT2D eigenvalue weighted by Gasteiger charge is 2.04. The minimum atomic E-state index is 0.0286. The maximum Gasteiger partial charge on any atom is 0.150 e. The maximum atomic E-state index is 9.72. The second kappa shape index (κ2) is 3.33. The first-order valence-corrected chi connectivity index (χ1v) is 4.07. The van der Waals surface area contributed by atoms with E-state index < -0.39 is 0 Å². The molecule has 1 aromatic heterocycles. The number of phenolic OH excluding ortho intramolecular Hbond substituents is 1. The molecule has 2 rings (SSSR count). The zero-order chi connectivity index (χ0) is 9.97. The highest BCUT2D eigenvalue weighted by Crippen LogP contribution is 2.25. The Bertz CT molecular complexity index is 494. The molecule has 0 radical (unpaired) electrons. The summed E-state index contributed by atoms with van der Waals surface area (Å²) in [6, 6.07) is 7.11. The van der Waals surface area contributed by atoms with E-state index in [0.717, 1.165) is 5.39 Å². The van der Waals surface area contributed by atoms with Crippen molar-refractivity contribution in [3.05, 3.63) is 36.0 Å². The molecule has 0 aliphatic carbocycles. The van der Waals surface area contributed by atoms with E-state index in [9.17, 15) is 5.11 Å². The van der Waals surface area contributed by atoms with Crippen molar-refractivity contribution in [2.24, 2.45) is 5.16 Å². The molecule has 2 N–H and O–H groups in total. The SMILES string of the molecule is ON=Cc1ccc2cccnc2c1O. The van der Waals surface area contributed by atoms with E-state index in [1.807, 2.05) is 6.07 Å². The second-order valence-corrected chi connectivity index (χ2v) is 2.82. The topological polar surface area (TPSA) is 65.7 Å². The van der Waals surface area contributed by atoms with E-state index in [1.54, 1.807) is 24.4 Å². The van der Waals surface area contributed by atoms with Crippen molar-refractivity contribution >= 4 is 17.1 Å². The molecule has 4 nitrogen and oxygen atoms in total. The Balaban J connectivity index is 2.75. The molecule has 1 heterocycles. The molecule has 0 bridgehead atoms. The van der Waals surface area contributed by atoms with Gasteiger partial charge in [-0.25, -0.2) is 0 Å². The number of phenols is 1. The van der Waals surface area contributed by atoms with Crippen molar-refractivity contribution in [2.75, 3.05) is 0 Å². The first kappa shape index (κ1) is 8.50. The molecule has 70 valence electrons. The quantitative estimate of drug-likeness (QED) is 0.407. The zero-order valence-electron chi connectivity index (χ0n) is 7.25. The lowest BCUT2D eigenvalue weighted by Gasteiger charge is -2.01. The van der Waals surface area contributed by atoms with Crippen LogP contribution in [0, 0.1) is 0 Å². The van der Waals surface area contributed by atoms with Gasteiger partial charge in [0, 0.05) is 17.1 Å². The number of benzene rings is 1. The number of pyridine rings is 1. The lowest BCUT2D eigenvalue weighted by Crippen LogP contribution is -1.86. The van der Waals surface area contributed by atoms with Crippen LogP contribution in [0.2, 0.25) is 0 Å². The van der Waals surface area contributed by atoms with Gasteiger partial charge in [0.15, 0.2) is 5.75 Å². The van der Waals surface area contributed by atoms with Crippen LogP contribution < -0.4 is 0 Å². The summed E-state index contributed by atoms with van der Waals surface area (Å²) in [5, 5.41) is 21.8. The third-order valence-corrected chi connectivity index (χ3v) is 1.98. The lowest BCUT2D eigenvalue weighted by atomic mass is 10.1. The Kier molecular flexibility index (Phi) is 2.02. The van der Waals surface area contributed by atoms with E-state index in [-0.39, 0.29) is 5.75 Å². The van der Waals surface area contributed by atoms with Gasteiger partial charge >= 0.3 is 0 Å². The minimum Gasteiger partial charge on any atom is -0.505 e. The summed E-state index contributed by atoms with van der Waals surface area (Å²) < 4.78 is 0. The van der Waals surface area contributed by atoms with E-state index in [1.165, 1.54) is 6.21 Å². The molecule has 1 aromatic carbocycles. The zero-order valence-corrected chi connectivity index (χ0v) is 7.25. The first-order valence-electron chi connectivity index (χ1n) is 4.07. The van der Waals surface area contributed by atoms with Crippen molar-refractivity contribution in [3.8, 4) is 5.75 Å². The van der Waals surface area contributed by atoms with E-state index >= 15 is 0 Å². The number of hydrogen-bond acceptors (Lipinski definition) is 4. The average molecular weight is 188 g/mol. The summed E-state index contributed by atoms with van der Waals surface area (Å²) in [6.07, 6.45) is 2.77. The number of oxime groups is 1. The van der Waals surface area contributed by atoms with Gasteiger partial charge in [0.05, 0.1) is 6.21 Å².